The zero-order valence-electron chi connectivity index (χ0n) is 11.7. The Labute approximate surface area is 135 Å². The third kappa shape index (κ3) is 5.92. The lowest BCUT2D eigenvalue weighted by atomic mass is 10.1. The zero-order chi connectivity index (χ0) is 16.0. The Morgan fingerprint density at radius 3 is 2.59 bits per heavy atom. The fourth-order valence-corrected chi connectivity index (χ4v) is 3.40. The third-order valence-corrected chi connectivity index (χ3v) is 4.35. The predicted octanol–water partition coefficient (Wildman–Crippen LogP) is 0.312. The number of fused-ring (bicyclic) bond motifs is 1. The van der Waals surface area contributed by atoms with E-state index in [1.54, 1.807) is 0 Å². The van der Waals surface area contributed by atoms with E-state index < -0.39 is 10.2 Å². The van der Waals surface area contributed by atoms with Crippen LogP contribution in [-0.4, -0.2) is 14.9 Å². The average Bonchev–Trinajstić information content (AvgIpc) is 2.47. The molecule has 3 rings (SSSR count). The highest BCUT2D eigenvalue weighted by molar-refractivity contribution is 8.00. The van der Waals surface area contributed by atoms with E-state index in [0.717, 1.165) is 0 Å². The molecule has 1 heterocycles. The fourth-order valence-electron chi connectivity index (χ4n) is 2.21. The van der Waals surface area contributed by atoms with E-state index in [1.807, 2.05) is 18.0 Å². The summed E-state index contributed by atoms with van der Waals surface area (Å²) in [7, 11) is -4.69. The molecular weight excluding hydrogens is 326 g/mol. The second kappa shape index (κ2) is 7.92. The number of hydrogen-bond donors (Lipinski definition) is 1. The molecule has 1 aliphatic carbocycles. The Bertz CT molecular complexity index is 633. The van der Waals surface area contributed by atoms with Crippen LogP contribution in [0, 0.1) is 10.2 Å². The highest BCUT2D eigenvalue weighted by Gasteiger charge is 2.12. The highest BCUT2D eigenvalue weighted by atomic mass is 35.7. The molecule has 5 nitrogen and oxygen atoms in total. The van der Waals surface area contributed by atoms with Gasteiger partial charge in [0.05, 0.1) is 14.9 Å². The van der Waals surface area contributed by atoms with Gasteiger partial charge in [0.2, 0.25) is 0 Å². The summed E-state index contributed by atoms with van der Waals surface area (Å²) in [6.07, 6.45) is 10.4. The summed E-state index contributed by atoms with van der Waals surface area (Å²) in [6.45, 7) is 0. The van der Waals surface area contributed by atoms with Gasteiger partial charge in [-0.1, -0.05) is 48.2 Å². The Morgan fingerprint density at radius 2 is 1.91 bits per heavy atom. The molecule has 1 atom stereocenters. The van der Waals surface area contributed by atoms with Gasteiger partial charge in [0.15, 0.2) is 0 Å². The molecule has 1 unspecified atom stereocenters. The van der Waals surface area contributed by atoms with E-state index in [-0.39, 0.29) is 0 Å². The molecule has 0 spiro atoms. The van der Waals surface area contributed by atoms with Crippen LogP contribution in [0.4, 0.5) is 0 Å². The first kappa shape index (κ1) is 17.2. The van der Waals surface area contributed by atoms with Gasteiger partial charge in [-0.15, -0.1) is 0 Å². The second-order valence-corrected chi connectivity index (χ2v) is 6.77. The molecule has 1 aromatic carbocycles. The van der Waals surface area contributed by atoms with E-state index in [2.05, 4.69) is 47.5 Å². The van der Waals surface area contributed by atoms with Crippen LogP contribution in [0.5, 0.6) is 0 Å². The number of pyridine rings is 1. The molecule has 0 fully saturated rings. The van der Waals surface area contributed by atoms with Crippen LogP contribution in [0.15, 0.2) is 53.7 Å². The number of nitrogens with zero attached hydrogens (tertiary/aromatic N) is 1. The first-order chi connectivity index (χ1) is 10.4. The molecule has 0 radical (unpaired) electrons. The van der Waals surface area contributed by atoms with Crippen LogP contribution >= 0.6 is 11.8 Å². The van der Waals surface area contributed by atoms with E-state index in [1.165, 1.54) is 35.1 Å². The molecule has 1 N–H and O–H groups in total. The number of allylic oxidation sites excluding steroid dienone is 1. The Balaban J connectivity index is 0.000000309. The van der Waals surface area contributed by atoms with Crippen LogP contribution in [0.3, 0.4) is 0 Å². The first-order valence-electron chi connectivity index (χ1n) is 6.74. The van der Waals surface area contributed by atoms with Crippen molar-refractivity contribution in [1.82, 2.24) is 4.98 Å². The molecule has 0 amide bonds. The molecule has 0 saturated carbocycles. The third-order valence-electron chi connectivity index (χ3n) is 3.11. The van der Waals surface area contributed by atoms with Crippen molar-refractivity contribution in [2.45, 2.75) is 29.5 Å². The van der Waals surface area contributed by atoms with Crippen LogP contribution in [-0.2, 0) is 0 Å². The standard InChI is InChI=1S/C15H15NS.ClHO4/c1-2-7-13(8-3-1)17-15-14-9-5-4-6-12(14)10-11-16-15;2-1(3,4)5/h2,4-7,9-11,13H,1,3,8H2;(H,2,3,4,5). The molecule has 22 heavy (non-hydrogen) atoms. The van der Waals surface area contributed by atoms with Gasteiger partial charge in [-0.2, -0.15) is 14.0 Å². The Morgan fingerprint density at radius 1 is 1.18 bits per heavy atom. The monoisotopic (exact) mass is 341 g/mol. The second-order valence-electron chi connectivity index (χ2n) is 4.75. The van der Waals surface area contributed by atoms with Gasteiger partial charge in [-0.3, -0.25) is 0 Å². The number of thioether (sulfide) groups is 1. The molecular formula is C15H16ClNO4S. The van der Waals surface area contributed by atoms with Crippen molar-refractivity contribution in [2.24, 2.45) is 0 Å². The van der Waals surface area contributed by atoms with Crippen LogP contribution in [0.2, 0.25) is 0 Å². The minimum atomic E-state index is -4.69. The highest BCUT2D eigenvalue weighted by Crippen LogP contribution is 2.32. The average molecular weight is 342 g/mol. The molecule has 1 aromatic heterocycles. The summed E-state index contributed by atoms with van der Waals surface area (Å²) >= 11 is 1.90. The minimum absolute atomic E-state index is 0.599. The topological polar surface area (TPSA) is 102 Å². The van der Waals surface area contributed by atoms with Crippen molar-refractivity contribution < 1.29 is 28.9 Å². The molecule has 118 valence electrons. The van der Waals surface area contributed by atoms with Crippen LogP contribution in [0.25, 0.3) is 10.8 Å². The number of halogens is 1. The van der Waals surface area contributed by atoms with Gasteiger partial charge < -0.3 is 0 Å². The van der Waals surface area contributed by atoms with Gasteiger partial charge in [-0.25, -0.2) is 4.98 Å². The van der Waals surface area contributed by atoms with Gasteiger partial charge in [0.25, 0.3) is 0 Å². The summed E-state index contributed by atoms with van der Waals surface area (Å²) in [4.78, 5) is 4.53. The van der Waals surface area contributed by atoms with Crippen molar-refractivity contribution in [3.8, 4) is 0 Å². The first-order valence-corrected chi connectivity index (χ1v) is 8.88. The minimum Gasteiger partial charge on any atom is -0.249 e. The van der Waals surface area contributed by atoms with Crippen molar-refractivity contribution in [3.63, 3.8) is 0 Å². The van der Waals surface area contributed by atoms with Crippen molar-refractivity contribution in [1.29, 1.82) is 0 Å². The molecule has 0 saturated heterocycles. The fraction of sp³-hybridized carbons (Fsp3) is 0.267. The maximum Gasteiger partial charge on any atom is 0.104 e. The zero-order valence-corrected chi connectivity index (χ0v) is 13.3. The van der Waals surface area contributed by atoms with E-state index >= 15 is 0 Å². The summed E-state index contributed by atoms with van der Waals surface area (Å²) < 4.78 is 32.7. The number of aromatic nitrogens is 1. The number of benzene rings is 1. The normalized spacial score (nSPS) is 17.9. The van der Waals surface area contributed by atoms with Gasteiger partial charge in [0.1, 0.15) is 5.03 Å². The summed E-state index contributed by atoms with van der Waals surface area (Å²) in [6, 6.07) is 10.6. The smallest absolute Gasteiger partial charge is 0.104 e. The quantitative estimate of drug-likeness (QED) is 0.789. The lowest BCUT2D eigenvalue weighted by Gasteiger charge is -2.16. The van der Waals surface area contributed by atoms with Crippen molar-refractivity contribution in [2.75, 3.05) is 0 Å². The molecule has 0 aliphatic heterocycles. The SMILES string of the molecule is C1=CC(Sc2nccc3ccccc23)CCC1.[O-][Cl+3]([O-])([O-])O. The molecule has 2 aromatic rings. The van der Waals surface area contributed by atoms with Crippen molar-refractivity contribution >= 4 is 22.5 Å². The van der Waals surface area contributed by atoms with Gasteiger partial charge in [-0.05, 0) is 30.7 Å². The maximum atomic E-state index is 8.60. The summed E-state index contributed by atoms with van der Waals surface area (Å²) in [5.74, 6) is 0. The van der Waals surface area contributed by atoms with Crippen molar-refractivity contribution in [3.05, 3.63) is 48.7 Å². The van der Waals surface area contributed by atoms with E-state index in [0.29, 0.717) is 5.25 Å². The lowest BCUT2D eigenvalue weighted by molar-refractivity contribution is -1.92. The largest absolute Gasteiger partial charge is 0.249 e. The summed E-state index contributed by atoms with van der Waals surface area (Å²) in [5.41, 5.74) is 0. The summed E-state index contributed by atoms with van der Waals surface area (Å²) in [5, 5.41) is 4.32. The number of rotatable bonds is 2. The predicted molar refractivity (Wildman–Crippen MR) is 76.6 cm³/mol. The molecule has 1 aliphatic rings. The maximum absolute atomic E-state index is 8.60. The lowest BCUT2D eigenvalue weighted by Crippen LogP contribution is -2.58. The molecule has 7 heteroatoms. The van der Waals surface area contributed by atoms with Crippen LogP contribution < -0.4 is 14.0 Å². The molecule has 0 bridgehead atoms. The van der Waals surface area contributed by atoms with Gasteiger partial charge >= 0.3 is 0 Å². The number of hydrogen-bond acceptors (Lipinski definition) is 6. The van der Waals surface area contributed by atoms with E-state index in [9.17, 15) is 0 Å². The van der Waals surface area contributed by atoms with Gasteiger partial charge in [0, 0.05) is 16.8 Å². The van der Waals surface area contributed by atoms with Crippen LogP contribution in [0.1, 0.15) is 19.3 Å². The Hall–Kier alpha value is -1.15. The van der Waals surface area contributed by atoms with E-state index in [4.69, 9.17) is 18.6 Å². The Kier molecular flexibility index (Phi) is 6.19.